The largest absolute Gasteiger partial charge is 0.481 e. The Labute approximate surface area is 290 Å². The molecule has 0 spiro atoms. The first kappa shape index (κ1) is 36.3. The summed E-state index contributed by atoms with van der Waals surface area (Å²) in [4.78, 5) is 35.4. The number of aryl methyl sites for hydroxylation is 1. The minimum Gasteiger partial charge on any atom is -0.460 e. The number of rotatable bonds is 13. The number of nitrogen functional groups attached to an aromatic ring is 1. The van der Waals surface area contributed by atoms with Crippen LogP contribution in [0.15, 0.2) is 54.9 Å². The summed E-state index contributed by atoms with van der Waals surface area (Å²) in [7, 11) is -10.3. The summed E-state index contributed by atoms with van der Waals surface area (Å²) < 4.78 is 70.8. The highest BCUT2D eigenvalue weighted by atomic mass is 35.5. The van der Waals surface area contributed by atoms with Crippen LogP contribution >= 0.6 is 27.2 Å². The smallest absolute Gasteiger partial charge is 0.460 e. The number of hydrogen-bond acceptors (Lipinski definition) is 13. The number of phosphoric ester groups is 1. The summed E-state index contributed by atoms with van der Waals surface area (Å²) in [5.41, 5.74) is 8.33. The maximum Gasteiger partial charge on any atom is 0.481 e. The molecule has 2 aromatic heterocycles. The molecule has 1 saturated heterocycles. The molecule has 16 nitrogen and oxygen atoms in total. The van der Waals surface area contributed by atoms with Gasteiger partial charge in [-0.15, -0.1) is 0 Å². The van der Waals surface area contributed by atoms with E-state index in [1.165, 1.54) is 13.0 Å². The Kier molecular flexibility index (Phi) is 10.9. The Morgan fingerprint density at radius 1 is 1.18 bits per heavy atom. The van der Waals surface area contributed by atoms with Crippen molar-refractivity contribution in [2.45, 2.75) is 69.9 Å². The Morgan fingerprint density at radius 3 is 2.72 bits per heavy atom. The minimum atomic E-state index is -5.35. The van der Waals surface area contributed by atoms with E-state index in [1.54, 1.807) is 36.4 Å². The van der Waals surface area contributed by atoms with Crippen molar-refractivity contribution in [2.24, 2.45) is 0 Å². The minimum absolute atomic E-state index is 0.0174. The van der Waals surface area contributed by atoms with Crippen molar-refractivity contribution in [3.05, 3.63) is 76.8 Å². The highest BCUT2D eigenvalue weighted by Gasteiger charge is 2.48. The summed E-state index contributed by atoms with van der Waals surface area (Å²) in [5.74, 6) is -0.799. The first-order chi connectivity index (χ1) is 23.8. The molecule has 0 radical (unpaired) electrons. The second-order valence-corrected chi connectivity index (χ2v) is 15.3. The Morgan fingerprint density at radius 2 is 1.94 bits per heavy atom. The summed E-state index contributed by atoms with van der Waals surface area (Å²) >= 11 is 5.90. The third-order valence-electron chi connectivity index (χ3n) is 8.10. The molecule has 6 rings (SSSR count). The number of nitrogens with one attached hydrogen (secondary N) is 1. The van der Waals surface area contributed by atoms with E-state index in [1.807, 2.05) is 6.07 Å². The Balaban J connectivity index is 1.17. The number of carbonyl (C=O) groups is 1. The quantitative estimate of drug-likeness (QED) is 0.0834. The molecular formula is C30H34ClFN6O10P2. The van der Waals surface area contributed by atoms with Crippen molar-refractivity contribution in [3.63, 3.8) is 0 Å². The summed E-state index contributed by atoms with van der Waals surface area (Å²) in [6.07, 6.45) is -2.71. The van der Waals surface area contributed by atoms with Gasteiger partial charge in [0.1, 0.15) is 36.1 Å². The van der Waals surface area contributed by atoms with Crippen molar-refractivity contribution in [3.8, 4) is 5.75 Å². The van der Waals surface area contributed by atoms with Crippen molar-refractivity contribution in [1.29, 1.82) is 0 Å². The monoisotopic (exact) mass is 754 g/mol. The van der Waals surface area contributed by atoms with Gasteiger partial charge in [-0.3, -0.25) is 13.9 Å². The molecule has 0 bridgehead atoms. The molecular weight excluding hydrogens is 721 g/mol. The van der Waals surface area contributed by atoms with Crippen molar-refractivity contribution in [1.82, 2.24) is 24.6 Å². The van der Waals surface area contributed by atoms with Crippen LogP contribution in [-0.4, -0.2) is 66.5 Å². The maximum atomic E-state index is 15.3. The number of alkyl halides is 1. The number of phosphoric acid groups is 1. The van der Waals surface area contributed by atoms with Crippen molar-refractivity contribution < 1.29 is 51.1 Å². The maximum absolute atomic E-state index is 15.3. The standard InChI is InChI=1S/C30H34ClFN6O10P2/c1-17(29(40)44-14-18-8-3-2-4-9-18)37-49(41,47-21-13-7-11-19-10-5-6-12-20(19)21)48-50(42,43)45-15-22-25(39)23(32)28(46-22)38-16-34-24-26(33)35-30(31)36-27(24)38/h2-4,7-9,11,13,16-17,22-23,25,28,39H,5-6,10,12,14-15H2,1H3,(H,37,41)(H,42,43)(H2,33,35,36)/t17-,22?,23?,25?,28?,49?/m0/s1. The number of ether oxygens (including phenoxy) is 2. The molecule has 6 unspecified atom stereocenters. The van der Waals surface area contributed by atoms with E-state index < -0.39 is 58.8 Å². The van der Waals surface area contributed by atoms with E-state index in [0.29, 0.717) is 12.0 Å². The van der Waals surface area contributed by atoms with Crippen LogP contribution in [0.2, 0.25) is 5.28 Å². The lowest BCUT2D eigenvalue weighted by Crippen LogP contribution is -2.35. The number of aliphatic hydroxyl groups is 1. The van der Waals surface area contributed by atoms with Gasteiger partial charge in [-0.25, -0.2) is 18.5 Å². The van der Waals surface area contributed by atoms with E-state index in [4.69, 9.17) is 40.2 Å². The molecule has 0 amide bonds. The highest BCUT2D eigenvalue weighted by Crippen LogP contribution is 2.61. The second-order valence-electron chi connectivity index (χ2n) is 11.7. The van der Waals surface area contributed by atoms with E-state index in [2.05, 4.69) is 20.0 Å². The number of imidazole rings is 1. The Bertz CT molecular complexity index is 1960. The van der Waals surface area contributed by atoms with Gasteiger partial charge in [0.25, 0.3) is 0 Å². The number of benzene rings is 2. The topological polar surface area (TPSA) is 219 Å². The predicted molar refractivity (Wildman–Crippen MR) is 177 cm³/mol. The van der Waals surface area contributed by atoms with Crippen LogP contribution in [-0.2, 0) is 51.7 Å². The molecule has 3 heterocycles. The summed E-state index contributed by atoms with van der Waals surface area (Å²) in [5, 5.41) is 12.7. The molecule has 2 aliphatic rings. The molecule has 5 N–H and O–H groups in total. The van der Waals surface area contributed by atoms with Gasteiger partial charge < -0.3 is 29.7 Å². The first-order valence-corrected chi connectivity index (χ1v) is 18.9. The SMILES string of the molecule is C[C@H](NP(=O)(Oc1cccc2c1CCCC2)OP(=O)(O)OCC1OC(n2cnc3c(N)nc(Cl)nc32)C(F)C1O)C(=O)OCc1ccccc1. The zero-order valence-electron chi connectivity index (χ0n) is 26.5. The lowest BCUT2D eigenvalue weighted by atomic mass is 9.91. The average Bonchev–Trinajstić information content (AvgIpc) is 3.62. The molecule has 1 aliphatic heterocycles. The lowest BCUT2D eigenvalue weighted by Gasteiger charge is -2.27. The lowest BCUT2D eigenvalue weighted by molar-refractivity contribution is -0.146. The van der Waals surface area contributed by atoms with Gasteiger partial charge in [-0.2, -0.15) is 19.4 Å². The van der Waals surface area contributed by atoms with Crippen LogP contribution in [0.5, 0.6) is 5.75 Å². The van der Waals surface area contributed by atoms with Crippen LogP contribution in [0, 0.1) is 0 Å². The van der Waals surface area contributed by atoms with Gasteiger partial charge in [0, 0.05) is 0 Å². The van der Waals surface area contributed by atoms with Crippen LogP contribution in [0.3, 0.4) is 0 Å². The van der Waals surface area contributed by atoms with E-state index in [0.717, 1.165) is 41.3 Å². The summed E-state index contributed by atoms with van der Waals surface area (Å²) in [6, 6.07) is 12.6. The zero-order chi connectivity index (χ0) is 35.6. The van der Waals surface area contributed by atoms with Crippen molar-refractivity contribution >= 4 is 50.1 Å². The third kappa shape index (κ3) is 8.17. The normalized spacial score (nSPS) is 23.5. The fourth-order valence-corrected chi connectivity index (χ4v) is 8.83. The predicted octanol–water partition coefficient (Wildman–Crippen LogP) is 4.58. The van der Waals surface area contributed by atoms with Gasteiger partial charge in [-0.05, 0) is 67.0 Å². The zero-order valence-corrected chi connectivity index (χ0v) is 29.0. The molecule has 50 heavy (non-hydrogen) atoms. The fourth-order valence-electron chi connectivity index (χ4n) is 5.66. The average molecular weight is 755 g/mol. The molecule has 20 heteroatoms. The number of esters is 1. The number of fused-ring (bicyclic) bond motifs is 2. The number of aromatic nitrogens is 4. The van der Waals surface area contributed by atoms with Crippen LogP contribution in [0.4, 0.5) is 10.2 Å². The van der Waals surface area contributed by atoms with Gasteiger partial charge >= 0.3 is 21.5 Å². The van der Waals surface area contributed by atoms with Gasteiger partial charge in [0.2, 0.25) is 5.28 Å². The number of nitrogens with zero attached hydrogens (tertiary/aromatic N) is 4. The molecule has 4 aromatic rings. The number of anilines is 1. The van der Waals surface area contributed by atoms with Crippen molar-refractivity contribution in [2.75, 3.05) is 12.3 Å². The van der Waals surface area contributed by atoms with Gasteiger partial charge in [0.15, 0.2) is 23.9 Å². The van der Waals surface area contributed by atoms with Crippen LogP contribution in [0.1, 0.15) is 42.7 Å². The molecule has 2 aromatic carbocycles. The van der Waals surface area contributed by atoms with E-state index in [9.17, 15) is 23.9 Å². The molecule has 1 fully saturated rings. The summed E-state index contributed by atoms with van der Waals surface area (Å²) in [6.45, 7) is 0.325. The Hall–Kier alpha value is -3.50. The second kappa shape index (κ2) is 15.0. The first-order valence-electron chi connectivity index (χ1n) is 15.5. The number of halogens is 2. The van der Waals surface area contributed by atoms with E-state index >= 15 is 4.39 Å². The molecule has 268 valence electrons. The van der Waals surface area contributed by atoms with Crippen LogP contribution < -0.4 is 15.3 Å². The van der Waals surface area contributed by atoms with Crippen LogP contribution in [0.25, 0.3) is 11.2 Å². The number of nitrogens with two attached hydrogens (primary N) is 1. The van der Waals surface area contributed by atoms with Gasteiger partial charge in [-0.1, -0.05) is 42.5 Å². The molecule has 7 atom stereocenters. The number of hydrogen-bond donors (Lipinski definition) is 4. The third-order valence-corrected chi connectivity index (χ3v) is 11.6. The molecule has 1 aliphatic carbocycles. The van der Waals surface area contributed by atoms with E-state index in [-0.39, 0.29) is 34.6 Å². The fraction of sp³-hybridized carbons (Fsp3) is 0.400. The highest BCUT2D eigenvalue weighted by molar-refractivity contribution is 7.63. The molecule has 0 saturated carbocycles. The number of aliphatic hydroxyl groups excluding tert-OH is 1. The van der Waals surface area contributed by atoms with Gasteiger partial charge in [0.05, 0.1) is 12.9 Å². The number of carbonyl (C=O) groups excluding carboxylic acids is 1.